The van der Waals surface area contributed by atoms with E-state index in [9.17, 15) is 10.2 Å². The third-order valence-corrected chi connectivity index (χ3v) is 2.28. The number of ether oxygens (including phenoxy) is 2. The fourth-order valence-corrected chi connectivity index (χ4v) is 1.42. The molecule has 90 valence electrons. The molecule has 16 heavy (non-hydrogen) atoms. The van der Waals surface area contributed by atoms with Gasteiger partial charge in [0, 0.05) is 6.54 Å². The van der Waals surface area contributed by atoms with Crippen LogP contribution in [-0.4, -0.2) is 37.1 Å². The molecular weight excluding hydrogens is 210 g/mol. The molecule has 1 aromatic carbocycles. The van der Waals surface area contributed by atoms with Crippen LogP contribution in [0.5, 0.6) is 17.2 Å². The lowest BCUT2D eigenvalue weighted by molar-refractivity contribution is 0.183. The van der Waals surface area contributed by atoms with Crippen LogP contribution in [0, 0.1) is 0 Å². The number of aromatic hydroxyl groups is 1. The van der Waals surface area contributed by atoms with Gasteiger partial charge in [0.1, 0.15) is 0 Å². The third-order valence-electron chi connectivity index (χ3n) is 2.28. The third kappa shape index (κ3) is 2.77. The van der Waals surface area contributed by atoms with Gasteiger partial charge in [0.05, 0.1) is 20.3 Å². The van der Waals surface area contributed by atoms with Crippen molar-refractivity contribution < 1.29 is 19.7 Å². The number of nitrogens with two attached hydrogens (primary N) is 1. The van der Waals surface area contributed by atoms with Gasteiger partial charge in [-0.25, -0.2) is 0 Å². The number of hydrogen-bond acceptors (Lipinski definition) is 5. The summed E-state index contributed by atoms with van der Waals surface area (Å²) >= 11 is 0. The molecule has 0 aliphatic carbocycles. The summed E-state index contributed by atoms with van der Waals surface area (Å²) in [5.41, 5.74) is 6.12. The van der Waals surface area contributed by atoms with Gasteiger partial charge < -0.3 is 25.4 Å². The zero-order chi connectivity index (χ0) is 12.1. The second kappa shape index (κ2) is 5.58. The van der Waals surface area contributed by atoms with E-state index in [1.165, 1.54) is 14.2 Å². The Morgan fingerprint density at radius 1 is 1.25 bits per heavy atom. The van der Waals surface area contributed by atoms with Crippen molar-refractivity contribution in [3.8, 4) is 17.2 Å². The Morgan fingerprint density at radius 3 is 2.12 bits per heavy atom. The molecule has 0 aromatic heterocycles. The van der Waals surface area contributed by atoms with Gasteiger partial charge in [0.15, 0.2) is 11.5 Å². The van der Waals surface area contributed by atoms with Crippen molar-refractivity contribution in [3.05, 3.63) is 17.7 Å². The van der Waals surface area contributed by atoms with E-state index in [0.717, 1.165) is 5.56 Å². The Bertz CT molecular complexity index is 329. The highest BCUT2D eigenvalue weighted by Crippen LogP contribution is 2.37. The first kappa shape index (κ1) is 12.6. The lowest BCUT2D eigenvalue weighted by atomic mass is 10.1. The Hall–Kier alpha value is -1.46. The molecule has 1 rings (SSSR count). The second-order valence-electron chi connectivity index (χ2n) is 3.44. The van der Waals surface area contributed by atoms with Crippen LogP contribution in [-0.2, 0) is 6.42 Å². The van der Waals surface area contributed by atoms with E-state index >= 15 is 0 Å². The quantitative estimate of drug-likeness (QED) is 0.672. The van der Waals surface area contributed by atoms with Crippen LogP contribution in [0.15, 0.2) is 12.1 Å². The molecule has 0 saturated heterocycles. The van der Waals surface area contributed by atoms with E-state index in [1.807, 2.05) is 0 Å². The van der Waals surface area contributed by atoms with Crippen LogP contribution in [0.25, 0.3) is 0 Å². The van der Waals surface area contributed by atoms with Gasteiger partial charge >= 0.3 is 0 Å². The van der Waals surface area contributed by atoms with Gasteiger partial charge in [-0.1, -0.05) is 0 Å². The minimum absolute atomic E-state index is 0.0454. The zero-order valence-corrected chi connectivity index (χ0v) is 9.43. The summed E-state index contributed by atoms with van der Waals surface area (Å²) in [5, 5.41) is 19.1. The molecule has 0 radical (unpaired) electrons. The van der Waals surface area contributed by atoms with Gasteiger partial charge in [-0.2, -0.15) is 0 Å². The molecule has 0 bridgehead atoms. The largest absolute Gasteiger partial charge is 0.502 e. The molecule has 4 N–H and O–H groups in total. The molecule has 0 aliphatic heterocycles. The first-order chi connectivity index (χ1) is 7.62. The summed E-state index contributed by atoms with van der Waals surface area (Å²) in [4.78, 5) is 0. The lowest BCUT2D eigenvalue weighted by Crippen LogP contribution is -2.21. The molecule has 1 unspecified atom stereocenters. The molecule has 0 fully saturated rings. The predicted octanol–water partition coefficient (Wildman–Crippen LogP) is 0.271. The highest BCUT2D eigenvalue weighted by molar-refractivity contribution is 5.52. The molecule has 5 nitrogen and oxygen atoms in total. The number of hydrogen-bond donors (Lipinski definition) is 3. The topological polar surface area (TPSA) is 84.9 Å². The van der Waals surface area contributed by atoms with Crippen LogP contribution in [0.2, 0.25) is 0 Å². The zero-order valence-electron chi connectivity index (χ0n) is 9.43. The molecule has 0 heterocycles. The highest BCUT2D eigenvalue weighted by Gasteiger charge is 2.12. The van der Waals surface area contributed by atoms with E-state index in [0.29, 0.717) is 17.9 Å². The van der Waals surface area contributed by atoms with E-state index in [1.54, 1.807) is 12.1 Å². The van der Waals surface area contributed by atoms with Gasteiger partial charge in [0.2, 0.25) is 5.75 Å². The first-order valence-corrected chi connectivity index (χ1v) is 4.94. The van der Waals surface area contributed by atoms with Crippen LogP contribution >= 0.6 is 0 Å². The number of methoxy groups -OCH3 is 2. The van der Waals surface area contributed by atoms with E-state index in [2.05, 4.69) is 0 Å². The van der Waals surface area contributed by atoms with Gasteiger partial charge in [-0.15, -0.1) is 0 Å². The Balaban J connectivity index is 3.02. The van der Waals surface area contributed by atoms with Crippen molar-refractivity contribution in [3.63, 3.8) is 0 Å². The number of phenolic OH excluding ortho intramolecular Hbond substituents is 1. The SMILES string of the molecule is COc1cc(CC(O)CN)cc(OC)c1O. The fraction of sp³-hybridized carbons (Fsp3) is 0.455. The van der Waals surface area contributed by atoms with E-state index in [4.69, 9.17) is 15.2 Å². The fourth-order valence-electron chi connectivity index (χ4n) is 1.42. The smallest absolute Gasteiger partial charge is 0.200 e. The summed E-state index contributed by atoms with van der Waals surface area (Å²) in [5.74, 6) is 0.591. The number of aliphatic hydroxyl groups is 1. The van der Waals surface area contributed by atoms with Crippen LogP contribution in [0.1, 0.15) is 5.56 Å². The Labute approximate surface area is 94.4 Å². The highest BCUT2D eigenvalue weighted by atomic mass is 16.5. The normalized spacial score (nSPS) is 12.2. The molecule has 0 aliphatic rings. The Kier molecular flexibility index (Phi) is 4.39. The van der Waals surface area contributed by atoms with Crippen LogP contribution in [0.3, 0.4) is 0 Å². The van der Waals surface area contributed by atoms with Gasteiger partial charge in [0.25, 0.3) is 0 Å². The van der Waals surface area contributed by atoms with Crippen molar-refractivity contribution in [2.75, 3.05) is 20.8 Å². The minimum Gasteiger partial charge on any atom is -0.502 e. The number of aliphatic hydroxyl groups excluding tert-OH is 1. The summed E-state index contributed by atoms with van der Waals surface area (Å²) in [6, 6.07) is 3.30. The van der Waals surface area contributed by atoms with Crippen LogP contribution < -0.4 is 15.2 Å². The summed E-state index contributed by atoms with van der Waals surface area (Å²) < 4.78 is 10.0. The van der Waals surface area contributed by atoms with Crippen molar-refractivity contribution in [1.29, 1.82) is 0 Å². The van der Waals surface area contributed by atoms with Crippen molar-refractivity contribution in [2.45, 2.75) is 12.5 Å². The van der Waals surface area contributed by atoms with E-state index < -0.39 is 6.10 Å². The van der Waals surface area contributed by atoms with E-state index in [-0.39, 0.29) is 12.3 Å². The van der Waals surface area contributed by atoms with Crippen molar-refractivity contribution in [2.24, 2.45) is 5.73 Å². The Morgan fingerprint density at radius 2 is 1.75 bits per heavy atom. The number of benzene rings is 1. The maximum Gasteiger partial charge on any atom is 0.200 e. The maximum absolute atomic E-state index is 9.67. The number of rotatable bonds is 5. The van der Waals surface area contributed by atoms with Crippen molar-refractivity contribution >= 4 is 0 Å². The maximum atomic E-state index is 9.67. The molecule has 0 saturated carbocycles. The predicted molar refractivity (Wildman–Crippen MR) is 60.0 cm³/mol. The number of phenols is 1. The van der Waals surface area contributed by atoms with Gasteiger partial charge in [-0.05, 0) is 24.1 Å². The molecule has 1 atom stereocenters. The molecule has 1 aromatic rings. The summed E-state index contributed by atoms with van der Waals surface area (Å²) in [6.07, 6.45) is -0.220. The monoisotopic (exact) mass is 227 g/mol. The average molecular weight is 227 g/mol. The average Bonchev–Trinajstić information content (AvgIpc) is 2.30. The molecular formula is C11H17NO4. The standard InChI is InChI=1S/C11H17NO4/c1-15-9-4-7(3-8(13)6-12)5-10(16-2)11(9)14/h4-5,8,13-14H,3,6,12H2,1-2H3. The minimum atomic E-state index is -0.612. The summed E-state index contributed by atoms with van der Waals surface area (Å²) in [7, 11) is 2.91. The molecule has 0 amide bonds. The second-order valence-corrected chi connectivity index (χ2v) is 3.44. The van der Waals surface area contributed by atoms with Gasteiger partial charge in [-0.3, -0.25) is 0 Å². The summed E-state index contributed by atoms with van der Waals surface area (Å²) in [6.45, 7) is 0.186. The molecule has 5 heteroatoms. The lowest BCUT2D eigenvalue weighted by Gasteiger charge is -2.13. The molecule has 0 spiro atoms. The van der Waals surface area contributed by atoms with Crippen LogP contribution in [0.4, 0.5) is 0 Å². The van der Waals surface area contributed by atoms with Crippen molar-refractivity contribution in [1.82, 2.24) is 0 Å². The first-order valence-electron chi connectivity index (χ1n) is 4.94.